The Kier molecular flexibility index (Phi) is 4.74. The van der Waals surface area contributed by atoms with Crippen LogP contribution in [0, 0.1) is 0 Å². The first-order valence-electron chi connectivity index (χ1n) is 8.26. The lowest BCUT2D eigenvalue weighted by atomic mass is 10.0. The van der Waals surface area contributed by atoms with E-state index >= 15 is 0 Å². The minimum Gasteiger partial charge on any atom is -0.493 e. The van der Waals surface area contributed by atoms with Crippen molar-refractivity contribution < 1.29 is 9.47 Å². The number of H-pyrrole nitrogens is 1. The maximum atomic E-state index is 11.6. The molecule has 5 nitrogen and oxygen atoms in total. The van der Waals surface area contributed by atoms with E-state index in [9.17, 15) is 4.79 Å². The summed E-state index contributed by atoms with van der Waals surface area (Å²) in [5.41, 5.74) is 1.07. The Labute approximate surface area is 136 Å². The van der Waals surface area contributed by atoms with Gasteiger partial charge in [-0.15, -0.1) is 0 Å². The molecule has 0 saturated heterocycles. The molecule has 1 saturated carbocycles. The third-order valence-corrected chi connectivity index (χ3v) is 4.55. The Balaban J connectivity index is 1.78. The minimum atomic E-state index is -0.0761. The van der Waals surface area contributed by atoms with Crippen LogP contribution in [0.25, 0.3) is 0 Å². The molecular weight excluding hydrogens is 292 g/mol. The lowest BCUT2D eigenvalue weighted by molar-refractivity contribution is 0.200. The predicted molar refractivity (Wildman–Crippen MR) is 89.3 cm³/mol. The molecule has 1 N–H and O–H groups in total. The molecule has 1 aliphatic carbocycles. The number of aromatic amines is 1. The van der Waals surface area contributed by atoms with Crippen molar-refractivity contribution in [1.82, 2.24) is 9.55 Å². The number of benzene rings is 1. The average Bonchev–Trinajstić information content (AvgIpc) is 3.20. The molecule has 5 heteroatoms. The molecule has 0 amide bonds. The maximum absolute atomic E-state index is 11.6. The highest BCUT2D eigenvalue weighted by molar-refractivity contribution is 5.44. The van der Waals surface area contributed by atoms with Crippen LogP contribution in [0.4, 0.5) is 0 Å². The first-order valence-corrected chi connectivity index (χ1v) is 8.26. The van der Waals surface area contributed by atoms with Gasteiger partial charge in [0, 0.05) is 18.9 Å². The van der Waals surface area contributed by atoms with Crippen LogP contribution < -0.4 is 15.2 Å². The molecule has 0 spiro atoms. The van der Waals surface area contributed by atoms with Crippen molar-refractivity contribution in [1.29, 1.82) is 0 Å². The molecular formula is C18H24N2O3. The van der Waals surface area contributed by atoms with Crippen LogP contribution in [0.3, 0.4) is 0 Å². The van der Waals surface area contributed by atoms with Crippen LogP contribution in [-0.2, 0) is 6.54 Å². The van der Waals surface area contributed by atoms with Gasteiger partial charge in [-0.2, -0.15) is 0 Å². The zero-order valence-electron chi connectivity index (χ0n) is 13.7. The van der Waals surface area contributed by atoms with E-state index < -0.39 is 0 Å². The van der Waals surface area contributed by atoms with Gasteiger partial charge >= 0.3 is 5.69 Å². The highest BCUT2D eigenvalue weighted by Crippen LogP contribution is 2.34. The lowest BCUT2D eigenvalue weighted by Gasteiger charge is -2.19. The average molecular weight is 316 g/mol. The maximum Gasteiger partial charge on any atom is 0.325 e. The number of imidazole rings is 1. The fraction of sp³-hybridized carbons (Fsp3) is 0.500. The Bertz CT molecular complexity index is 698. The molecule has 0 aliphatic heterocycles. The fourth-order valence-corrected chi connectivity index (χ4v) is 3.17. The normalized spacial score (nSPS) is 16.4. The summed E-state index contributed by atoms with van der Waals surface area (Å²) in [6.45, 7) is 2.75. The van der Waals surface area contributed by atoms with Crippen molar-refractivity contribution in [3.8, 4) is 11.5 Å². The quantitative estimate of drug-likeness (QED) is 0.889. The summed E-state index contributed by atoms with van der Waals surface area (Å²) in [5.74, 6) is 1.79. The number of nitrogens with zero attached hydrogens (tertiary/aromatic N) is 1. The fourth-order valence-electron chi connectivity index (χ4n) is 3.17. The SMILES string of the molecule is COc1ccc(C(C)Cn2cc[nH]c2=O)cc1OC1CCCC1. The summed E-state index contributed by atoms with van der Waals surface area (Å²) in [4.78, 5) is 14.3. The van der Waals surface area contributed by atoms with E-state index in [-0.39, 0.29) is 11.6 Å². The number of hydrogen-bond donors (Lipinski definition) is 1. The molecule has 23 heavy (non-hydrogen) atoms. The number of nitrogens with one attached hydrogen (secondary N) is 1. The van der Waals surface area contributed by atoms with Gasteiger partial charge in [0.05, 0.1) is 13.2 Å². The smallest absolute Gasteiger partial charge is 0.325 e. The van der Waals surface area contributed by atoms with E-state index in [0.717, 1.165) is 29.9 Å². The van der Waals surface area contributed by atoms with Crippen LogP contribution in [0.2, 0.25) is 0 Å². The van der Waals surface area contributed by atoms with Gasteiger partial charge in [-0.1, -0.05) is 13.0 Å². The number of hydrogen-bond acceptors (Lipinski definition) is 3. The number of methoxy groups -OCH3 is 1. The van der Waals surface area contributed by atoms with Crippen LogP contribution in [0.15, 0.2) is 35.4 Å². The highest BCUT2D eigenvalue weighted by atomic mass is 16.5. The molecule has 1 fully saturated rings. The van der Waals surface area contributed by atoms with Gasteiger partial charge in [-0.05, 0) is 49.3 Å². The molecule has 1 aromatic heterocycles. The van der Waals surface area contributed by atoms with Crippen molar-refractivity contribution in [3.05, 3.63) is 46.6 Å². The first kappa shape index (κ1) is 15.7. The molecule has 0 radical (unpaired) electrons. The van der Waals surface area contributed by atoms with Crippen molar-refractivity contribution in [2.45, 2.75) is 51.2 Å². The minimum absolute atomic E-state index is 0.0761. The first-order chi connectivity index (χ1) is 11.2. The number of rotatable bonds is 6. The van der Waals surface area contributed by atoms with E-state index in [1.54, 1.807) is 24.1 Å². The van der Waals surface area contributed by atoms with Gasteiger partial charge in [-0.3, -0.25) is 4.57 Å². The standard InChI is InChI=1S/C18H24N2O3/c1-13(12-20-10-9-19-18(20)21)14-7-8-16(22-2)17(11-14)23-15-5-3-4-6-15/h7-11,13,15H,3-6,12H2,1-2H3,(H,19,21). The summed E-state index contributed by atoms with van der Waals surface area (Å²) in [7, 11) is 1.67. The Morgan fingerprint density at radius 3 is 2.74 bits per heavy atom. The van der Waals surface area contributed by atoms with Crippen LogP contribution >= 0.6 is 0 Å². The summed E-state index contributed by atoms with van der Waals surface area (Å²) in [5, 5.41) is 0. The molecule has 1 aromatic carbocycles. The molecule has 0 bridgehead atoms. The van der Waals surface area contributed by atoms with Crippen molar-refractivity contribution in [3.63, 3.8) is 0 Å². The van der Waals surface area contributed by atoms with Crippen molar-refractivity contribution >= 4 is 0 Å². The van der Waals surface area contributed by atoms with Crippen LogP contribution in [-0.4, -0.2) is 22.8 Å². The van der Waals surface area contributed by atoms with Crippen LogP contribution in [0.1, 0.15) is 44.1 Å². The second kappa shape index (κ2) is 6.94. The monoisotopic (exact) mass is 316 g/mol. The van der Waals surface area contributed by atoms with E-state index in [1.165, 1.54) is 12.8 Å². The van der Waals surface area contributed by atoms with Gasteiger partial charge in [0.1, 0.15) is 0 Å². The predicted octanol–water partition coefficient (Wildman–Crippen LogP) is 3.31. The molecule has 1 heterocycles. The second-order valence-corrected chi connectivity index (χ2v) is 6.25. The number of ether oxygens (including phenoxy) is 2. The molecule has 3 rings (SSSR count). The molecule has 2 aromatic rings. The molecule has 1 atom stereocenters. The van der Waals surface area contributed by atoms with Gasteiger partial charge < -0.3 is 14.5 Å². The van der Waals surface area contributed by atoms with Crippen molar-refractivity contribution in [2.75, 3.05) is 7.11 Å². The zero-order chi connectivity index (χ0) is 16.2. The number of aromatic nitrogens is 2. The van der Waals surface area contributed by atoms with Crippen molar-refractivity contribution in [2.24, 2.45) is 0 Å². The van der Waals surface area contributed by atoms with E-state index in [1.807, 2.05) is 12.1 Å². The molecule has 124 valence electrons. The zero-order valence-corrected chi connectivity index (χ0v) is 13.7. The van der Waals surface area contributed by atoms with Gasteiger partial charge in [0.25, 0.3) is 0 Å². The van der Waals surface area contributed by atoms with E-state index in [2.05, 4.69) is 18.0 Å². The summed E-state index contributed by atoms with van der Waals surface area (Å²) >= 11 is 0. The van der Waals surface area contributed by atoms with Gasteiger partial charge in [-0.25, -0.2) is 4.79 Å². The summed E-state index contributed by atoms with van der Waals surface area (Å²) in [6.07, 6.45) is 8.43. The van der Waals surface area contributed by atoms with E-state index in [4.69, 9.17) is 9.47 Å². The van der Waals surface area contributed by atoms with Gasteiger partial charge in [0.15, 0.2) is 11.5 Å². The third-order valence-electron chi connectivity index (χ3n) is 4.55. The summed E-state index contributed by atoms with van der Waals surface area (Å²) in [6, 6.07) is 6.05. The molecule has 1 aliphatic rings. The third kappa shape index (κ3) is 3.60. The Morgan fingerprint density at radius 1 is 1.30 bits per heavy atom. The summed E-state index contributed by atoms with van der Waals surface area (Å²) < 4.78 is 13.3. The Morgan fingerprint density at radius 2 is 2.09 bits per heavy atom. The van der Waals surface area contributed by atoms with Gasteiger partial charge in [0.2, 0.25) is 0 Å². The largest absolute Gasteiger partial charge is 0.493 e. The van der Waals surface area contributed by atoms with Crippen LogP contribution in [0.5, 0.6) is 11.5 Å². The second-order valence-electron chi connectivity index (χ2n) is 6.25. The highest BCUT2D eigenvalue weighted by Gasteiger charge is 2.19. The molecule has 1 unspecified atom stereocenters. The Hall–Kier alpha value is -2.17. The lowest BCUT2D eigenvalue weighted by Crippen LogP contribution is -2.19. The topological polar surface area (TPSA) is 56.2 Å². The van der Waals surface area contributed by atoms with E-state index in [0.29, 0.717) is 12.6 Å².